The molecule has 2 aromatic carbocycles. The van der Waals surface area contributed by atoms with Crippen LogP contribution >= 0.6 is 11.8 Å². The number of fused-ring (bicyclic) bond motifs is 1. The maximum atomic E-state index is 13.3. The van der Waals surface area contributed by atoms with Gasteiger partial charge in [-0.25, -0.2) is 8.42 Å². The highest BCUT2D eigenvalue weighted by Gasteiger charge is 2.33. The molecule has 176 valence electrons. The largest absolute Gasteiger partial charge is 0.326 e. The van der Waals surface area contributed by atoms with Crippen LogP contribution in [0.25, 0.3) is 0 Å². The fraction of sp³-hybridized carbons (Fsp3) is 0.417. The number of nitrogens with one attached hydrogen (secondary N) is 1. The molecule has 0 aromatic heterocycles. The van der Waals surface area contributed by atoms with Crippen LogP contribution in [0, 0.1) is 5.92 Å². The quantitative estimate of drug-likeness (QED) is 0.649. The number of aryl methyl sites for hydroxylation is 1. The number of rotatable bonds is 5. The van der Waals surface area contributed by atoms with E-state index in [4.69, 9.17) is 0 Å². The minimum Gasteiger partial charge on any atom is -0.326 e. The average molecular weight is 488 g/mol. The van der Waals surface area contributed by atoms with Crippen LogP contribution in [0.3, 0.4) is 0 Å². The monoisotopic (exact) mass is 487 g/mol. The molecule has 2 aliphatic heterocycles. The lowest BCUT2D eigenvalue weighted by molar-refractivity contribution is -0.121. The lowest BCUT2D eigenvalue weighted by atomic mass is 9.97. The summed E-state index contributed by atoms with van der Waals surface area (Å²) in [4.78, 5) is 27.6. The first-order chi connectivity index (χ1) is 15.8. The molecule has 7 nitrogen and oxygen atoms in total. The van der Waals surface area contributed by atoms with Gasteiger partial charge in [-0.1, -0.05) is 6.07 Å². The van der Waals surface area contributed by atoms with Crippen molar-refractivity contribution in [3.05, 3.63) is 48.0 Å². The van der Waals surface area contributed by atoms with Crippen LogP contribution in [-0.4, -0.2) is 50.4 Å². The Balaban J connectivity index is 1.42. The molecule has 2 amide bonds. The molecule has 2 aromatic rings. The minimum atomic E-state index is -3.65. The van der Waals surface area contributed by atoms with Gasteiger partial charge in [-0.05, 0) is 73.9 Å². The Kier molecular flexibility index (Phi) is 7.11. The number of anilines is 2. The first-order valence-corrected chi connectivity index (χ1v) is 13.8. The number of hydrogen-bond donors (Lipinski definition) is 1. The summed E-state index contributed by atoms with van der Waals surface area (Å²) < 4.78 is 28.0. The van der Waals surface area contributed by atoms with Gasteiger partial charge in [-0.2, -0.15) is 4.31 Å². The summed E-state index contributed by atoms with van der Waals surface area (Å²) >= 11 is 1.61. The number of nitrogens with zero attached hydrogens (tertiary/aromatic N) is 2. The van der Waals surface area contributed by atoms with E-state index in [9.17, 15) is 18.0 Å². The minimum absolute atomic E-state index is 0.0351. The predicted octanol–water partition coefficient (Wildman–Crippen LogP) is 3.75. The molecule has 2 aliphatic rings. The molecule has 4 rings (SSSR count). The van der Waals surface area contributed by atoms with Crippen molar-refractivity contribution in [3.63, 3.8) is 0 Å². The Hall–Kier alpha value is -2.36. The van der Waals surface area contributed by atoms with E-state index in [-0.39, 0.29) is 22.6 Å². The normalized spacial score (nSPS) is 17.5. The fourth-order valence-electron chi connectivity index (χ4n) is 4.51. The number of hydrogen-bond acceptors (Lipinski definition) is 5. The third kappa shape index (κ3) is 5.10. The highest BCUT2D eigenvalue weighted by atomic mass is 32.2. The van der Waals surface area contributed by atoms with Crippen LogP contribution < -0.4 is 10.2 Å². The number of piperidine rings is 1. The van der Waals surface area contributed by atoms with Gasteiger partial charge in [0.25, 0.3) is 0 Å². The number of benzene rings is 2. The SMILES string of the molecule is CSc1cccc(NC(=O)C2CCN(S(=O)(=O)c3ccc4c(c3)CCCN4C(C)=O)CC2)c1. The lowest BCUT2D eigenvalue weighted by Gasteiger charge is -2.32. The van der Waals surface area contributed by atoms with E-state index in [1.54, 1.807) is 34.9 Å². The van der Waals surface area contributed by atoms with Crippen LogP contribution in [-0.2, 0) is 26.0 Å². The van der Waals surface area contributed by atoms with E-state index in [0.29, 0.717) is 32.5 Å². The fourth-order valence-corrected chi connectivity index (χ4v) is 6.49. The van der Waals surface area contributed by atoms with E-state index in [1.165, 1.54) is 11.2 Å². The molecule has 0 radical (unpaired) electrons. The van der Waals surface area contributed by atoms with Gasteiger partial charge in [0.15, 0.2) is 0 Å². The molecule has 0 unspecified atom stereocenters. The number of thioether (sulfide) groups is 1. The van der Waals surface area contributed by atoms with Crippen molar-refractivity contribution in [1.82, 2.24) is 4.31 Å². The van der Waals surface area contributed by atoms with Gasteiger partial charge >= 0.3 is 0 Å². The van der Waals surface area contributed by atoms with Crippen molar-refractivity contribution in [3.8, 4) is 0 Å². The Labute approximate surface area is 199 Å². The van der Waals surface area contributed by atoms with Crippen molar-refractivity contribution in [2.75, 3.05) is 36.1 Å². The Morgan fingerprint density at radius 2 is 1.82 bits per heavy atom. The van der Waals surface area contributed by atoms with E-state index >= 15 is 0 Å². The second-order valence-electron chi connectivity index (χ2n) is 8.46. The number of amides is 2. The van der Waals surface area contributed by atoms with Crippen LogP contribution in [0.2, 0.25) is 0 Å². The number of carbonyl (C=O) groups is 2. The maximum Gasteiger partial charge on any atom is 0.243 e. The van der Waals surface area contributed by atoms with Gasteiger partial charge in [-0.3, -0.25) is 9.59 Å². The molecule has 0 atom stereocenters. The third-order valence-electron chi connectivity index (χ3n) is 6.35. The Morgan fingerprint density at radius 3 is 2.52 bits per heavy atom. The van der Waals surface area contributed by atoms with E-state index in [1.807, 2.05) is 30.5 Å². The van der Waals surface area contributed by atoms with Gasteiger partial charge in [-0.15, -0.1) is 11.8 Å². The summed E-state index contributed by atoms with van der Waals surface area (Å²) in [5.41, 5.74) is 2.45. The van der Waals surface area contributed by atoms with Gasteiger partial charge in [0, 0.05) is 48.7 Å². The number of carbonyl (C=O) groups excluding carboxylic acids is 2. The van der Waals surface area contributed by atoms with Crippen molar-refractivity contribution in [2.24, 2.45) is 5.92 Å². The molecule has 0 saturated carbocycles. The zero-order valence-corrected chi connectivity index (χ0v) is 20.5. The first kappa shape index (κ1) is 23.8. The zero-order valence-electron chi connectivity index (χ0n) is 18.9. The topological polar surface area (TPSA) is 86.8 Å². The Morgan fingerprint density at radius 1 is 1.06 bits per heavy atom. The summed E-state index contributed by atoms with van der Waals surface area (Å²) in [6.07, 6.45) is 4.52. The van der Waals surface area contributed by atoms with Crippen molar-refractivity contribution < 1.29 is 18.0 Å². The highest BCUT2D eigenvalue weighted by molar-refractivity contribution is 7.98. The van der Waals surface area contributed by atoms with Crippen LogP contribution in [0.1, 0.15) is 31.7 Å². The first-order valence-electron chi connectivity index (χ1n) is 11.2. The standard InChI is InChI=1S/C24H29N3O4S2/c1-17(28)27-12-4-5-19-15-22(8-9-23(19)27)33(30,31)26-13-10-18(11-14-26)24(29)25-20-6-3-7-21(16-20)32-2/h3,6-9,15-16,18H,4-5,10-14H2,1-2H3,(H,25,29). The van der Waals surface area contributed by atoms with Gasteiger partial charge in [0.05, 0.1) is 4.90 Å². The van der Waals surface area contributed by atoms with Gasteiger partial charge in [0.1, 0.15) is 0 Å². The van der Waals surface area contributed by atoms with E-state index < -0.39 is 10.0 Å². The summed E-state index contributed by atoms with van der Waals surface area (Å²) in [6, 6.07) is 12.7. The van der Waals surface area contributed by atoms with Crippen molar-refractivity contribution in [2.45, 2.75) is 42.4 Å². The molecule has 2 heterocycles. The smallest absolute Gasteiger partial charge is 0.243 e. The van der Waals surface area contributed by atoms with Gasteiger partial charge < -0.3 is 10.2 Å². The molecule has 1 N–H and O–H groups in total. The molecule has 0 bridgehead atoms. The second kappa shape index (κ2) is 9.87. The maximum absolute atomic E-state index is 13.3. The lowest BCUT2D eigenvalue weighted by Crippen LogP contribution is -2.41. The van der Waals surface area contributed by atoms with Gasteiger partial charge in [0.2, 0.25) is 21.8 Å². The zero-order chi connectivity index (χ0) is 23.6. The second-order valence-corrected chi connectivity index (χ2v) is 11.3. The van der Waals surface area contributed by atoms with E-state index in [2.05, 4.69) is 5.32 Å². The average Bonchev–Trinajstić information content (AvgIpc) is 2.83. The molecule has 0 aliphatic carbocycles. The Bertz CT molecular complexity index is 1160. The summed E-state index contributed by atoms with van der Waals surface area (Å²) in [6.45, 7) is 2.80. The highest BCUT2D eigenvalue weighted by Crippen LogP contribution is 2.32. The predicted molar refractivity (Wildman–Crippen MR) is 131 cm³/mol. The van der Waals surface area contributed by atoms with Crippen LogP contribution in [0.15, 0.2) is 52.3 Å². The molecule has 0 spiro atoms. The molecular formula is C24H29N3O4S2. The molecule has 1 saturated heterocycles. The number of sulfonamides is 1. The molecule has 1 fully saturated rings. The van der Waals surface area contributed by atoms with E-state index in [0.717, 1.165) is 34.7 Å². The molecule has 9 heteroatoms. The van der Waals surface area contributed by atoms with Crippen LogP contribution in [0.5, 0.6) is 0 Å². The summed E-state index contributed by atoms with van der Waals surface area (Å²) in [5.74, 6) is -0.322. The summed E-state index contributed by atoms with van der Waals surface area (Å²) in [5, 5.41) is 2.97. The third-order valence-corrected chi connectivity index (χ3v) is 8.97. The molecular weight excluding hydrogens is 458 g/mol. The van der Waals surface area contributed by atoms with Crippen molar-refractivity contribution >= 4 is 45.0 Å². The van der Waals surface area contributed by atoms with Crippen LogP contribution in [0.4, 0.5) is 11.4 Å². The summed E-state index contributed by atoms with van der Waals surface area (Å²) in [7, 11) is -3.65. The van der Waals surface area contributed by atoms with Crippen molar-refractivity contribution in [1.29, 1.82) is 0 Å². The molecule has 33 heavy (non-hydrogen) atoms.